The van der Waals surface area contributed by atoms with E-state index in [9.17, 15) is 4.79 Å². The van der Waals surface area contributed by atoms with E-state index in [4.69, 9.17) is 10.5 Å². The predicted molar refractivity (Wildman–Crippen MR) is 68.1 cm³/mol. The maximum Gasteiger partial charge on any atom is 0.310 e. The lowest BCUT2D eigenvalue weighted by atomic mass is 9.99. The summed E-state index contributed by atoms with van der Waals surface area (Å²) in [6.45, 7) is 5.30. The molecule has 1 aliphatic rings. The lowest BCUT2D eigenvalue weighted by molar-refractivity contribution is -0.145. The minimum atomic E-state index is -0.163. The second-order valence-electron chi connectivity index (χ2n) is 4.74. The molecule has 2 atom stereocenters. The zero-order valence-corrected chi connectivity index (χ0v) is 10.9. The van der Waals surface area contributed by atoms with Crippen molar-refractivity contribution in [2.75, 3.05) is 30.8 Å². The summed E-state index contributed by atoms with van der Waals surface area (Å²) in [6.07, 6.45) is 0. The summed E-state index contributed by atoms with van der Waals surface area (Å²) in [7, 11) is 1.42. The fourth-order valence-corrected chi connectivity index (χ4v) is 2.35. The smallest absolute Gasteiger partial charge is 0.310 e. The van der Waals surface area contributed by atoms with E-state index in [1.54, 1.807) is 0 Å². The van der Waals surface area contributed by atoms with Crippen LogP contribution >= 0.6 is 0 Å². The van der Waals surface area contributed by atoms with E-state index in [1.165, 1.54) is 7.11 Å². The third kappa shape index (κ3) is 2.37. The topological polar surface area (TPSA) is 81.3 Å². The van der Waals surface area contributed by atoms with E-state index < -0.39 is 0 Å². The predicted octanol–water partition coefficient (Wildman–Crippen LogP) is 0.613. The number of nitrogens with two attached hydrogens (primary N) is 1. The SMILES string of the molecule is COC(=O)C1CN(c2cc(C)nc(N)n2)CC1C. The average molecular weight is 250 g/mol. The largest absolute Gasteiger partial charge is 0.469 e. The molecule has 1 aromatic rings. The Morgan fingerprint density at radius 3 is 2.83 bits per heavy atom. The normalized spacial score (nSPS) is 23.2. The Balaban J connectivity index is 2.19. The van der Waals surface area contributed by atoms with Gasteiger partial charge in [0.2, 0.25) is 5.95 Å². The zero-order chi connectivity index (χ0) is 13.3. The molecule has 0 saturated carbocycles. The first-order valence-corrected chi connectivity index (χ1v) is 5.95. The number of carbonyl (C=O) groups excluding carboxylic acids is 1. The van der Waals surface area contributed by atoms with Gasteiger partial charge in [-0.25, -0.2) is 4.98 Å². The Kier molecular flexibility index (Phi) is 3.36. The van der Waals surface area contributed by atoms with Crippen molar-refractivity contribution in [3.63, 3.8) is 0 Å². The van der Waals surface area contributed by atoms with Crippen LogP contribution in [0.3, 0.4) is 0 Å². The molecular weight excluding hydrogens is 232 g/mol. The van der Waals surface area contributed by atoms with Gasteiger partial charge in [0.15, 0.2) is 0 Å². The summed E-state index contributed by atoms with van der Waals surface area (Å²) in [4.78, 5) is 21.9. The number of carbonyl (C=O) groups is 1. The van der Waals surface area contributed by atoms with Crippen molar-refractivity contribution >= 4 is 17.7 Å². The van der Waals surface area contributed by atoms with Crippen LogP contribution in [0.4, 0.5) is 11.8 Å². The summed E-state index contributed by atoms with van der Waals surface area (Å²) in [5.74, 6) is 1.02. The lowest BCUT2D eigenvalue weighted by Gasteiger charge is -2.17. The fraction of sp³-hybridized carbons (Fsp3) is 0.583. The molecule has 0 radical (unpaired) electrons. The van der Waals surface area contributed by atoms with Crippen LogP contribution in [0.1, 0.15) is 12.6 Å². The monoisotopic (exact) mass is 250 g/mol. The number of anilines is 2. The first-order chi connectivity index (χ1) is 8.51. The lowest BCUT2D eigenvalue weighted by Crippen LogP contribution is -2.25. The first kappa shape index (κ1) is 12.6. The van der Waals surface area contributed by atoms with Gasteiger partial charge in [-0.2, -0.15) is 4.98 Å². The van der Waals surface area contributed by atoms with Crippen LogP contribution in [0, 0.1) is 18.8 Å². The van der Waals surface area contributed by atoms with Crippen LogP contribution in [-0.4, -0.2) is 36.1 Å². The minimum absolute atomic E-state index is 0.105. The Hall–Kier alpha value is -1.85. The third-order valence-electron chi connectivity index (χ3n) is 3.30. The third-order valence-corrected chi connectivity index (χ3v) is 3.30. The summed E-state index contributed by atoms with van der Waals surface area (Å²) < 4.78 is 4.81. The van der Waals surface area contributed by atoms with Crippen LogP contribution < -0.4 is 10.6 Å². The number of ether oxygens (including phenoxy) is 1. The molecule has 0 aliphatic carbocycles. The van der Waals surface area contributed by atoms with Gasteiger partial charge in [0.1, 0.15) is 5.82 Å². The van der Waals surface area contributed by atoms with E-state index in [2.05, 4.69) is 14.9 Å². The highest BCUT2D eigenvalue weighted by Gasteiger charge is 2.36. The van der Waals surface area contributed by atoms with Gasteiger partial charge in [0.05, 0.1) is 13.0 Å². The molecular formula is C12H18N4O2. The molecule has 1 aliphatic heterocycles. The highest BCUT2D eigenvalue weighted by molar-refractivity contribution is 5.74. The number of rotatable bonds is 2. The van der Waals surface area contributed by atoms with Gasteiger partial charge in [0, 0.05) is 24.8 Å². The van der Waals surface area contributed by atoms with Crippen molar-refractivity contribution in [2.45, 2.75) is 13.8 Å². The molecule has 1 fully saturated rings. The number of esters is 1. The minimum Gasteiger partial charge on any atom is -0.469 e. The Bertz CT molecular complexity index is 443. The van der Waals surface area contributed by atoms with Crippen LogP contribution in [0.5, 0.6) is 0 Å². The molecule has 2 unspecified atom stereocenters. The molecule has 6 heteroatoms. The van der Waals surface area contributed by atoms with Gasteiger partial charge in [0.25, 0.3) is 0 Å². The Morgan fingerprint density at radius 2 is 2.22 bits per heavy atom. The second kappa shape index (κ2) is 4.80. The maximum atomic E-state index is 11.6. The quantitative estimate of drug-likeness (QED) is 0.775. The van der Waals surface area contributed by atoms with Crippen molar-refractivity contribution in [1.29, 1.82) is 0 Å². The Labute approximate surface area is 106 Å². The van der Waals surface area contributed by atoms with Crippen molar-refractivity contribution in [3.05, 3.63) is 11.8 Å². The molecule has 2 rings (SSSR count). The molecule has 2 heterocycles. The molecule has 0 bridgehead atoms. The highest BCUT2D eigenvalue weighted by atomic mass is 16.5. The fourth-order valence-electron chi connectivity index (χ4n) is 2.35. The highest BCUT2D eigenvalue weighted by Crippen LogP contribution is 2.28. The van der Waals surface area contributed by atoms with Crippen LogP contribution in [0.2, 0.25) is 0 Å². The molecule has 2 N–H and O–H groups in total. The number of hydrogen-bond acceptors (Lipinski definition) is 6. The number of hydrogen-bond donors (Lipinski definition) is 1. The van der Waals surface area contributed by atoms with Crippen molar-refractivity contribution in [3.8, 4) is 0 Å². The number of aromatic nitrogens is 2. The first-order valence-electron chi connectivity index (χ1n) is 5.95. The average Bonchev–Trinajstić information content (AvgIpc) is 2.69. The van der Waals surface area contributed by atoms with Crippen molar-refractivity contribution in [1.82, 2.24) is 9.97 Å². The number of nitrogen functional groups attached to an aromatic ring is 1. The van der Waals surface area contributed by atoms with Gasteiger partial charge in [-0.1, -0.05) is 6.92 Å². The molecule has 18 heavy (non-hydrogen) atoms. The molecule has 0 spiro atoms. The van der Waals surface area contributed by atoms with Gasteiger partial charge in [-0.15, -0.1) is 0 Å². The van der Waals surface area contributed by atoms with E-state index >= 15 is 0 Å². The van der Waals surface area contributed by atoms with Crippen LogP contribution in [0.15, 0.2) is 6.07 Å². The van der Waals surface area contributed by atoms with E-state index in [0.717, 1.165) is 18.1 Å². The molecule has 0 amide bonds. The molecule has 6 nitrogen and oxygen atoms in total. The van der Waals surface area contributed by atoms with E-state index in [-0.39, 0.29) is 23.8 Å². The number of methoxy groups -OCH3 is 1. The van der Waals surface area contributed by atoms with Crippen molar-refractivity contribution < 1.29 is 9.53 Å². The molecule has 0 aromatic carbocycles. The van der Waals surface area contributed by atoms with Crippen molar-refractivity contribution in [2.24, 2.45) is 11.8 Å². The summed E-state index contributed by atoms with van der Waals surface area (Å²) in [6, 6.07) is 1.88. The summed E-state index contributed by atoms with van der Waals surface area (Å²) in [5.41, 5.74) is 6.47. The van der Waals surface area contributed by atoms with Crippen LogP contribution in [-0.2, 0) is 9.53 Å². The van der Waals surface area contributed by atoms with Crippen LogP contribution in [0.25, 0.3) is 0 Å². The van der Waals surface area contributed by atoms with E-state index in [1.807, 2.05) is 19.9 Å². The van der Waals surface area contributed by atoms with Gasteiger partial charge < -0.3 is 15.4 Å². The maximum absolute atomic E-state index is 11.6. The zero-order valence-electron chi connectivity index (χ0n) is 10.9. The number of nitrogens with zero attached hydrogens (tertiary/aromatic N) is 3. The molecule has 98 valence electrons. The van der Waals surface area contributed by atoms with Gasteiger partial charge in [-0.05, 0) is 12.8 Å². The van der Waals surface area contributed by atoms with Gasteiger partial charge >= 0.3 is 5.97 Å². The standard InChI is InChI=1S/C12H18N4O2/c1-7-5-16(6-9(7)11(17)18-3)10-4-8(2)14-12(13)15-10/h4,7,9H,5-6H2,1-3H3,(H2,13,14,15). The molecule has 1 saturated heterocycles. The van der Waals surface area contributed by atoms with Gasteiger partial charge in [-0.3, -0.25) is 4.79 Å². The number of aryl methyl sites for hydroxylation is 1. The summed E-state index contributed by atoms with van der Waals surface area (Å²) >= 11 is 0. The second-order valence-corrected chi connectivity index (χ2v) is 4.74. The summed E-state index contributed by atoms with van der Waals surface area (Å²) in [5, 5.41) is 0. The van der Waals surface area contributed by atoms with E-state index in [0.29, 0.717) is 6.54 Å². The molecule has 1 aromatic heterocycles. The Morgan fingerprint density at radius 1 is 1.50 bits per heavy atom.